The number of carbonyl (C=O) groups is 2. The van der Waals surface area contributed by atoms with Gasteiger partial charge in [-0.3, -0.25) is 15.4 Å². The number of alkyl halides is 1. The predicted octanol–water partition coefficient (Wildman–Crippen LogP) is 1.87. The van der Waals surface area contributed by atoms with Gasteiger partial charge < -0.3 is 35.4 Å². The van der Waals surface area contributed by atoms with Gasteiger partial charge in [0.2, 0.25) is 5.91 Å². The molecule has 4 saturated heterocycles. The molecule has 6 aliphatic rings. The molecule has 6 fully saturated rings. The molecule has 2 aliphatic carbocycles. The molecule has 0 spiro atoms. The van der Waals surface area contributed by atoms with Crippen LogP contribution in [-0.4, -0.2) is 110 Å². The number of urea groups is 1. The van der Waals surface area contributed by atoms with E-state index in [2.05, 4.69) is 53.9 Å². The molecule has 0 aromatic heterocycles. The van der Waals surface area contributed by atoms with E-state index in [4.69, 9.17) is 9.47 Å². The van der Waals surface area contributed by atoms with Crippen LogP contribution in [-0.2, 0) is 14.3 Å². The molecule has 2 bridgehead atoms. The molecule has 11 nitrogen and oxygen atoms in total. The Morgan fingerprint density at radius 3 is 2.76 bits per heavy atom. The molecule has 4 heterocycles. The first-order chi connectivity index (χ1) is 22.2. The number of hydrogen-bond acceptors (Lipinski definition) is 8. The Bertz CT molecular complexity index is 1080. The molecule has 6 N–H and O–H groups in total. The van der Waals surface area contributed by atoms with E-state index in [0.717, 1.165) is 38.6 Å². The fraction of sp³-hybridized carbons (Fsp3) is 0.882. The highest BCUT2D eigenvalue weighted by atomic mass is 19.1. The molecule has 46 heavy (non-hydrogen) atoms. The Morgan fingerprint density at radius 2 is 2.02 bits per heavy atom. The van der Waals surface area contributed by atoms with E-state index in [1.54, 1.807) is 0 Å². The predicted molar refractivity (Wildman–Crippen MR) is 172 cm³/mol. The number of rotatable bonds is 9. The van der Waals surface area contributed by atoms with Crippen LogP contribution in [0.25, 0.3) is 0 Å². The largest absolute Gasteiger partial charge is 0.390 e. The molecule has 12 heteroatoms. The van der Waals surface area contributed by atoms with Crippen molar-refractivity contribution in [3.8, 4) is 0 Å². The molecule has 13 atom stereocenters. The second kappa shape index (κ2) is 14.7. The summed E-state index contributed by atoms with van der Waals surface area (Å²) in [7, 11) is 0. The van der Waals surface area contributed by atoms with Gasteiger partial charge in [0.05, 0.1) is 43.8 Å². The van der Waals surface area contributed by atoms with Gasteiger partial charge >= 0.3 is 6.03 Å². The van der Waals surface area contributed by atoms with E-state index in [-0.39, 0.29) is 84.7 Å². The first-order valence-corrected chi connectivity index (χ1v) is 17.9. The maximum atomic E-state index is 16.1. The standard InChI is InChI=1S/C34H57FN6O5/c1-5-26(42)36-13-14-38-32-22-15-19(4)29-27-23(35)7-6-8-24(27)46-17-25(45-16-20-9-10-20)31(43)21-11-12-37-28(18(2)3)30(21)41(33(22)39-29)34(44)40-32/h5,18-25,27-33,37-39,43H,1,6-17H2,2-4H3,(H,36,42)(H,40,44). The normalized spacial score (nSPS) is 43.0. The third-order valence-corrected chi connectivity index (χ3v) is 11.7. The summed E-state index contributed by atoms with van der Waals surface area (Å²) in [4.78, 5) is 28.1. The average Bonchev–Trinajstić information content (AvgIpc) is 3.87. The summed E-state index contributed by atoms with van der Waals surface area (Å²) in [5.41, 5.74) is 0. The third kappa shape index (κ3) is 7.12. The van der Waals surface area contributed by atoms with Gasteiger partial charge in [-0.1, -0.05) is 27.4 Å². The summed E-state index contributed by atoms with van der Waals surface area (Å²) in [5.74, 6) is -0.0212. The van der Waals surface area contributed by atoms with Crippen molar-refractivity contribution < 1.29 is 28.6 Å². The number of nitrogens with one attached hydrogen (secondary N) is 5. The van der Waals surface area contributed by atoms with Crippen LogP contribution in [0.1, 0.15) is 65.7 Å². The molecule has 3 amide bonds. The summed E-state index contributed by atoms with van der Waals surface area (Å²) in [5, 5.41) is 29.3. The SMILES string of the molecule is C=CC(=O)NCCNC1NC(=O)N2C3NC(C(C)CC13)C1C(F)CCCC1OCC(OCC1CC1)C(O)C1CCNC(C(C)C)C12. The van der Waals surface area contributed by atoms with Crippen molar-refractivity contribution in [3.05, 3.63) is 12.7 Å². The van der Waals surface area contributed by atoms with E-state index < -0.39 is 18.4 Å². The van der Waals surface area contributed by atoms with Gasteiger partial charge in [-0.05, 0) is 75.3 Å². The quantitative estimate of drug-likeness (QED) is 0.165. The highest BCUT2D eigenvalue weighted by Gasteiger charge is 2.56. The topological polar surface area (TPSA) is 136 Å². The molecule has 0 radical (unpaired) electrons. The summed E-state index contributed by atoms with van der Waals surface area (Å²) in [6, 6.07) is -0.750. The van der Waals surface area contributed by atoms with Crippen LogP contribution in [0, 0.1) is 35.5 Å². The maximum absolute atomic E-state index is 16.1. The van der Waals surface area contributed by atoms with Crippen LogP contribution >= 0.6 is 0 Å². The number of fused-ring (bicyclic) bond motifs is 5. The van der Waals surface area contributed by atoms with Gasteiger partial charge in [0.15, 0.2) is 0 Å². The lowest BCUT2D eigenvalue weighted by Gasteiger charge is -2.59. The number of carbonyl (C=O) groups excluding carboxylic acids is 2. The summed E-state index contributed by atoms with van der Waals surface area (Å²) < 4.78 is 29.1. The van der Waals surface area contributed by atoms with Gasteiger partial charge in [-0.15, -0.1) is 0 Å². The van der Waals surface area contributed by atoms with Crippen molar-refractivity contribution in [1.29, 1.82) is 0 Å². The third-order valence-electron chi connectivity index (χ3n) is 11.7. The molecule has 2 saturated carbocycles. The Morgan fingerprint density at radius 1 is 1.22 bits per heavy atom. The van der Waals surface area contributed by atoms with Crippen LogP contribution in [0.5, 0.6) is 0 Å². The Balaban J connectivity index is 1.36. The van der Waals surface area contributed by atoms with Crippen LogP contribution in [0.2, 0.25) is 0 Å². The Labute approximate surface area is 273 Å². The maximum Gasteiger partial charge on any atom is 0.320 e. The van der Waals surface area contributed by atoms with E-state index in [1.165, 1.54) is 6.08 Å². The number of aliphatic hydroxyl groups excluding tert-OH is 1. The number of aliphatic hydroxyl groups is 1. The second-order valence-electron chi connectivity index (χ2n) is 15.2. The highest BCUT2D eigenvalue weighted by molar-refractivity contribution is 5.86. The molecular weight excluding hydrogens is 591 g/mol. The molecule has 4 aliphatic heterocycles. The summed E-state index contributed by atoms with van der Waals surface area (Å²) >= 11 is 0. The Kier molecular flexibility index (Phi) is 10.9. The van der Waals surface area contributed by atoms with Crippen LogP contribution in [0.4, 0.5) is 9.18 Å². The zero-order chi connectivity index (χ0) is 32.5. The number of piperidine rings is 2. The minimum atomic E-state index is -1.02. The van der Waals surface area contributed by atoms with Crippen molar-refractivity contribution in [3.63, 3.8) is 0 Å². The lowest BCUT2D eigenvalue weighted by molar-refractivity contribution is -0.162. The number of amides is 3. The lowest BCUT2D eigenvalue weighted by atomic mass is 9.69. The molecule has 13 unspecified atom stereocenters. The monoisotopic (exact) mass is 648 g/mol. The van der Waals surface area contributed by atoms with Gasteiger partial charge in [0, 0.05) is 42.9 Å². The van der Waals surface area contributed by atoms with E-state index >= 15 is 4.39 Å². The van der Waals surface area contributed by atoms with Gasteiger partial charge in [-0.2, -0.15) is 0 Å². The van der Waals surface area contributed by atoms with Crippen molar-refractivity contribution in [2.75, 3.05) is 32.8 Å². The molecule has 6 rings (SSSR count). The summed E-state index contributed by atoms with van der Waals surface area (Å²) in [6.45, 7) is 12.4. The fourth-order valence-corrected chi connectivity index (χ4v) is 9.16. The number of nitrogens with zero attached hydrogens (tertiary/aromatic N) is 1. The second-order valence-corrected chi connectivity index (χ2v) is 15.2. The van der Waals surface area contributed by atoms with E-state index in [0.29, 0.717) is 38.5 Å². The fourth-order valence-electron chi connectivity index (χ4n) is 9.16. The zero-order valence-electron chi connectivity index (χ0n) is 27.8. The lowest BCUT2D eigenvalue weighted by Crippen LogP contribution is -2.79. The van der Waals surface area contributed by atoms with E-state index in [1.807, 2.05) is 4.90 Å². The van der Waals surface area contributed by atoms with Crippen molar-refractivity contribution in [2.24, 2.45) is 35.5 Å². The Hall–Kier alpha value is -1.83. The van der Waals surface area contributed by atoms with Gasteiger partial charge in [0.1, 0.15) is 12.3 Å². The van der Waals surface area contributed by atoms with Crippen LogP contribution in [0.15, 0.2) is 12.7 Å². The van der Waals surface area contributed by atoms with Crippen molar-refractivity contribution in [2.45, 2.75) is 121 Å². The molecule has 0 aromatic carbocycles. The minimum absolute atomic E-state index is 0.0301. The van der Waals surface area contributed by atoms with E-state index in [9.17, 15) is 14.7 Å². The number of halogens is 1. The van der Waals surface area contributed by atoms with Crippen LogP contribution in [0.3, 0.4) is 0 Å². The summed E-state index contributed by atoms with van der Waals surface area (Å²) in [6.07, 6.45) is 3.61. The number of hydrogen-bond donors (Lipinski definition) is 6. The first kappa shape index (κ1) is 34.0. The molecule has 260 valence electrons. The zero-order valence-corrected chi connectivity index (χ0v) is 27.8. The highest BCUT2D eigenvalue weighted by Crippen LogP contribution is 2.44. The van der Waals surface area contributed by atoms with Gasteiger partial charge in [0.25, 0.3) is 0 Å². The van der Waals surface area contributed by atoms with Gasteiger partial charge in [-0.25, -0.2) is 9.18 Å². The van der Waals surface area contributed by atoms with Crippen LogP contribution < -0.4 is 26.6 Å². The minimum Gasteiger partial charge on any atom is -0.390 e. The molecule has 0 aromatic rings. The number of ether oxygens (including phenoxy) is 2. The molecular formula is C34H57FN6O5. The smallest absolute Gasteiger partial charge is 0.320 e. The average molecular weight is 649 g/mol. The first-order valence-electron chi connectivity index (χ1n) is 17.9. The van der Waals surface area contributed by atoms with Crippen molar-refractivity contribution in [1.82, 2.24) is 31.5 Å². The van der Waals surface area contributed by atoms with Crippen molar-refractivity contribution >= 4 is 11.9 Å².